The average Bonchev–Trinajstić information content (AvgIpc) is 2.39. The Morgan fingerprint density at radius 1 is 1.00 bits per heavy atom. The summed E-state index contributed by atoms with van der Waals surface area (Å²) in [4.78, 5) is 0. The summed E-state index contributed by atoms with van der Waals surface area (Å²) >= 11 is 9.98. The summed E-state index contributed by atoms with van der Waals surface area (Å²) in [6.07, 6.45) is 0. The first-order chi connectivity index (χ1) is 9.32. The van der Waals surface area contributed by atoms with Crippen molar-refractivity contribution in [3.63, 3.8) is 0 Å². The molecule has 0 amide bonds. The van der Waals surface area contributed by atoms with Crippen molar-refractivity contribution in [2.45, 2.75) is 33.1 Å². The van der Waals surface area contributed by atoms with E-state index in [1.807, 2.05) is 13.8 Å². The summed E-state index contributed by atoms with van der Waals surface area (Å²) in [5.74, 6) is -0.272. The fourth-order valence-corrected chi connectivity index (χ4v) is 3.37. The van der Waals surface area contributed by atoms with E-state index in [0.29, 0.717) is 5.56 Å². The third kappa shape index (κ3) is 2.77. The highest BCUT2D eigenvalue weighted by molar-refractivity contribution is 9.10. The van der Waals surface area contributed by atoms with Gasteiger partial charge in [-0.3, -0.25) is 0 Å². The molecule has 106 valence electrons. The van der Waals surface area contributed by atoms with Crippen molar-refractivity contribution in [3.05, 3.63) is 67.9 Å². The minimum absolute atomic E-state index is 0.272. The Morgan fingerprint density at radius 3 is 2.10 bits per heavy atom. The second-order valence-corrected chi connectivity index (χ2v) is 6.55. The first-order valence-electron chi connectivity index (χ1n) is 6.49. The lowest BCUT2D eigenvalue weighted by molar-refractivity contribution is 0.611. The van der Waals surface area contributed by atoms with Crippen LogP contribution in [0.3, 0.4) is 0 Å². The lowest BCUT2D eigenvalue weighted by Gasteiger charge is -2.20. The van der Waals surface area contributed by atoms with Gasteiger partial charge in [0.2, 0.25) is 0 Å². The number of hydrogen-bond donors (Lipinski definition) is 0. The van der Waals surface area contributed by atoms with Crippen molar-refractivity contribution in [3.8, 4) is 0 Å². The van der Waals surface area contributed by atoms with E-state index < -0.39 is 5.38 Å². The molecule has 3 heteroatoms. The van der Waals surface area contributed by atoms with Crippen LogP contribution in [0.1, 0.15) is 38.8 Å². The van der Waals surface area contributed by atoms with E-state index in [2.05, 4.69) is 35.8 Å². The molecule has 0 saturated heterocycles. The van der Waals surface area contributed by atoms with E-state index in [1.165, 1.54) is 17.2 Å². The van der Waals surface area contributed by atoms with Gasteiger partial charge < -0.3 is 0 Å². The third-order valence-electron chi connectivity index (χ3n) is 3.91. The van der Waals surface area contributed by atoms with E-state index in [-0.39, 0.29) is 5.82 Å². The van der Waals surface area contributed by atoms with E-state index >= 15 is 0 Å². The maximum atomic E-state index is 14.1. The van der Waals surface area contributed by atoms with Crippen LogP contribution in [-0.4, -0.2) is 0 Å². The summed E-state index contributed by atoms with van der Waals surface area (Å²) in [7, 11) is 0. The Labute approximate surface area is 133 Å². The number of alkyl halides is 1. The van der Waals surface area contributed by atoms with Gasteiger partial charge in [0.15, 0.2) is 0 Å². The second-order valence-electron chi connectivity index (χ2n) is 5.20. The molecule has 0 aliphatic rings. The molecular weight excluding hydrogens is 339 g/mol. The summed E-state index contributed by atoms with van der Waals surface area (Å²) in [5.41, 5.74) is 6.16. The van der Waals surface area contributed by atoms with Gasteiger partial charge in [-0.1, -0.05) is 22.0 Å². The van der Waals surface area contributed by atoms with Gasteiger partial charge in [0, 0.05) is 10.0 Å². The monoisotopic (exact) mass is 354 g/mol. The third-order valence-corrected chi connectivity index (χ3v) is 4.86. The van der Waals surface area contributed by atoms with E-state index in [9.17, 15) is 4.39 Å². The number of aryl methyl sites for hydroxylation is 2. The predicted molar refractivity (Wildman–Crippen MR) is 87.2 cm³/mol. The molecule has 0 heterocycles. The molecule has 20 heavy (non-hydrogen) atoms. The van der Waals surface area contributed by atoms with E-state index in [1.54, 1.807) is 12.1 Å². The molecule has 0 saturated carbocycles. The van der Waals surface area contributed by atoms with Crippen LogP contribution >= 0.6 is 27.5 Å². The highest BCUT2D eigenvalue weighted by Gasteiger charge is 2.21. The largest absolute Gasteiger partial charge is 0.207 e. The van der Waals surface area contributed by atoms with E-state index in [0.717, 1.165) is 21.2 Å². The van der Waals surface area contributed by atoms with Crippen LogP contribution in [0.25, 0.3) is 0 Å². The lowest BCUT2D eigenvalue weighted by Crippen LogP contribution is -2.05. The molecule has 1 unspecified atom stereocenters. The van der Waals surface area contributed by atoms with Crippen molar-refractivity contribution in [2.75, 3.05) is 0 Å². The predicted octanol–water partition coefficient (Wildman–Crippen LogP) is 6.15. The molecule has 0 bridgehead atoms. The molecule has 2 aromatic carbocycles. The first kappa shape index (κ1) is 15.5. The Hall–Kier alpha value is -0.860. The fraction of sp³-hybridized carbons (Fsp3) is 0.294. The lowest BCUT2D eigenvalue weighted by atomic mass is 9.90. The second kappa shape index (κ2) is 5.87. The van der Waals surface area contributed by atoms with Crippen LogP contribution < -0.4 is 0 Å². The molecule has 2 rings (SSSR count). The highest BCUT2D eigenvalue weighted by atomic mass is 79.9. The van der Waals surface area contributed by atoms with Gasteiger partial charge in [-0.05, 0) is 73.7 Å². The molecule has 0 radical (unpaired) electrons. The smallest absolute Gasteiger partial charge is 0.128 e. The maximum absolute atomic E-state index is 14.1. The van der Waals surface area contributed by atoms with Crippen molar-refractivity contribution >= 4 is 27.5 Å². The van der Waals surface area contributed by atoms with Crippen LogP contribution in [0, 0.1) is 33.5 Å². The summed E-state index contributed by atoms with van der Waals surface area (Å²) in [6, 6.07) is 7.03. The fourth-order valence-electron chi connectivity index (χ4n) is 2.49. The van der Waals surface area contributed by atoms with Crippen LogP contribution in [-0.2, 0) is 0 Å². The van der Waals surface area contributed by atoms with Crippen LogP contribution in [0.15, 0.2) is 28.7 Å². The van der Waals surface area contributed by atoms with Crippen LogP contribution in [0.4, 0.5) is 4.39 Å². The van der Waals surface area contributed by atoms with Crippen molar-refractivity contribution in [2.24, 2.45) is 0 Å². The Kier molecular flexibility index (Phi) is 4.55. The SMILES string of the molecule is Cc1cc(C)c(C)c(C(Cl)c2cc(Br)ccc2F)c1C. The van der Waals surface area contributed by atoms with Gasteiger partial charge in [-0.2, -0.15) is 0 Å². The molecule has 0 spiro atoms. The summed E-state index contributed by atoms with van der Waals surface area (Å²) in [6.45, 7) is 8.21. The number of rotatable bonds is 2. The number of halogens is 3. The Bertz CT molecular complexity index is 638. The zero-order valence-electron chi connectivity index (χ0n) is 12.0. The van der Waals surface area contributed by atoms with Crippen LogP contribution in [0.5, 0.6) is 0 Å². The molecule has 0 nitrogen and oxygen atoms in total. The molecule has 0 aliphatic carbocycles. The maximum Gasteiger partial charge on any atom is 0.128 e. The summed E-state index contributed by atoms with van der Waals surface area (Å²) in [5, 5.41) is -0.480. The highest BCUT2D eigenvalue weighted by Crippen LogP contribution is 2.37. The minimum Gasteiger partial charge on any atom is -0.207 e. The van der Waals surface area contributed by atoms with Gasteiger partial charge >= 0.3 is 0 Å². The average molecular weight is 356 g/mol. The van der Waals surface area contributed by atoms with Gasteiger partial charge in [0.25, 0.3) is 0 Å². The summed E-state index contributed by atoms with van der Waals surface area (Å²) < 4.78 is 14.9. The first-order valence-corrected chi connectivity index (χ1v) is 7.72. The molecule has 0 N–H and O–H groups in total. The quantitative estimate of drug-likeness (QED) is 0.567. The zero-order chi connectivity index (χ0) is 15.0. The van der Waals surface area contributed by atoms with Crippen molar-refractivity contribution in [1.29, 1.82) is 0 Å². The Balaban J connectivity index is 2.65. The molecule has 0 fully saturated rings. The topological polar surface area (TPSA) is 0 Å². The van der Waals surface area contributed by atoms with Crippen molar-refractivity contribution in [1.82, 2.24) is 0 Å². The number of benzene rings is 2. The normalized spacial score (nSPS) is 12.6. The van der Waals surface area contributed by atoms with E-state index in [4.69, 9.17) is 11.6 Å². The molecule has 1 atom stereocenters. The molecule has 0 aliphatic heterocycles. The molecular formula is C17H17BrClF. The standard InChI is InChI=1S/C17H17BrClF/c1-9-7-10(2)12(4)16(11(9)3)17(19)14-8-13(18)5-6-15(14)20/h5-8,17H,1-4H3. The van der Waals surface area contributed by atoms with Crippen molar-refractivity contribution < 1.29 is 4.39 Å². The molecule has 0 aromatic heterocycles. The van der Waals surface area contributed by atoms with Gasteiger partial charge in [0.05, 0.1) is 5.38 Å². The Morgan fingerprint density at radius 2 is 1.55 bits per heavy atom. The molecule has 2 aromatic rings. The zero-order valence-corrected chi connectivity index (χ0v) is 14.4. The number of hydrogen-bond acceptors (Lipinski definition) is 0. The van der Waals surface area contributed by atoms with Crippen LogP contribution in [0.2, 0.25) is 0 Å². The van der Waals surface area contributed by atoms with Gasteiger partial charge in [-0.15, -0.1) is 11.6 Å². The van der Waals surface area contributed by atoms with Gasteiger partial charge in [0.1, 0.15) is 5.82 Å². The minimum atomic E-state index is -0.480. The van der Waals surface area contributed by atoms with Gasteiger partial charge in [-0.25, -0.2) is 4.39 Å².